The van der Waals surface area contributed by atoms with Crippen LogP contribution in [0.5, 0.6) is 0 Å². The summed E-state index contributed by atoms with van der Waals surface area (Å²) in [5.74, 6) is 1.80. The van der Waals surface area contributed by atoms with E-state index in [4.69, 9.17) is 0 Å². The average Bonchev–Trinajstić information content (AvgIpc) is 2.73. The third-order valence-corrected chi connectivity index (χ3v) is 6.76. The zero-order valence-electron chi connectivity index (χ0n) is 21.3. The first-order chi connectivity index (χ1) is 14.3. The van der Waals surface area contributed by atoms with E-state index in [0.29, 0.717) is 0 Å². The first-order valence-electron chi connectivity index (χ1n) is 14.1. The van der Waals surface area contributed by atoms with Crippen molar-refractivity contribution in [2.75, 3.05) is 0 Å². The summed E-state index contributed by atoms with van der Waals surface area (Å²) in [4.78, 5) is 0. The molecule has 29 heavy (non-hydrogen) atoms. The molecule has 0 aromatic carbocycles. The Morgan fingerprint density at radius 2 is 0.621 bits per heavy atom. The summed E-state index contributed by atoms with van der Waals surface area (Å²) in [6.45, 7) is 9.34. The van der Waals surface area contributed by atoms with Gasteiger partial charge in [-0.15, -0.1) is 0 Å². The fourth-order valence-corrected chi connectivity index (χ4v) is 4.73. The van der Waals surface area contributed by atoms with E-state index >= 15 is 0 Å². The van der Waals surface area contributed by atoms with Gasteiger partial charge in [0, 0.05) is 0 Å². The maximum atomic E-state index is 2.86. The molecule has 0 aromatic rings. The number of rotatable bonds is 24. The third-order valence-electron chi connectivity index (χ3n) is 6.76. The van der Waals surface area contributed by atoms with E-state index in [-0.39, 0.29) is 0 Å². The van der Waals surface area contributed by atoms with Crippen molar-refractivity contribution in [2.24, 2.45) is 11.8 Å². The van der Waals surface area contributed by atoms with Crippen LogP contribution in [0.25, 0.3) is 0 Å². The van der Waals surface area contributed by atoms with Crippen molar-refractivity contribution in [3.8, 4) is 0 Å². The van der Waals surface area contributed by atoms with Crippen molar-refractivity contribution in [3.63, 3.8) is 0 Å². The Morgan fingerprint density at radius 3 is 1.00 bits per heavy atom. The summed E-state index contributed by atoms with van der Waals surface area (Å²) >= 11 is 0. The predicted octanol–water partition coefficient (Wildman–Crippen LogP) is 11.1. The summed E-state index contributed by atoms with van der Waals surface area (Å²) in [6, 6.07) is 0. The number of hydrogen-bond donors (Lipinski definition) is 0. The average molecular weight is 408 g/mol. The Labute approximate surface area is 187 Å². The van der Waals surface area contributed by atoms with E-state index in [1.54, 1.807) is 0 Å². The Balaban J connectivity index is 4.33. The predicted molar refractivity (Wildman–Crippen MR) is 136 cm³/mol. The van der Waals surface area contributed by atoms with Crippen molar-refractivity contribution in [1.82, 2.24) is 0 Å². The molecule has 2 unspecified atom stereocenters. The SMILES string of the molecule is CCCCCCCCC([CH]C(CCCCCC)CCCCCCCC)CCCC. The van der Waals surface area contributed by atoms with E-state index < -0.39 is 0 Å². The van der Waals surface area contributed by atoms with Gasteiger partial charge in [0.25, 0.3) is 0 Å². The smallest absolute Gasteiger partial charge is 0.0324 e. The summed E-state index contributed by atoms with van der Waals surface area (Å²) in [6.07, 6.45) is 34.5. The van der Waals surface area contributed by atoms with Gasteiger partial charge >= 0.3 is 0 Å². The van der Waals surface area contributed by atoms with Crippen LogP contribution in [-0.4, -0.2) is 0 Å². The topological polar surface area (TPSA) is 0 Å². The van der Waals surface area contributed by atoms with Gasteiger partial charge in [0.1, 0.15) is 0 Å². The maximum Gasteiger partial charge on any atom is -0.0324 e. The third kappa shape index (κ3) is 21.0. The second-order valence-electron chi connectivity index (χ2n) is 9.82. The van der Waals surface area contributed by atoms with Crippen molar-refractivity contribution in [1.29, 1.82) is 0 Å². The minimum absolute atomic E-state index is 0.900. The van der Waals surface area contributed by atoms with Crippen LogP contribution < -0.4 is 0 Å². The molecule has 1 radical (unpaired) electrons. The van der Waals surface area contributed by atoms with Crippen LogP contribution in [0.3, 0.4) is 0 Å². The van der Waals surface area contributed by atoms with Crippen LogP contribution in [0.1, 0.15) is 169 Å². The lowest BCUT2D eigenvalue weighted by molar-refractivity contribution is 0.367. The minimum Gasteiger partial charge on any atom is -0.0654 e. The standard InChI is InChI=1S/C29H59/c1-5-9-13-16-18-21-25-28(23-12-8-4)27-29(24-20-15-11-7-3)26-22-19-17-14-10-6-2/h27-29H,5-26H2,1-4H3. The van der Waals surface area contributed by atoms with Gasteiger partial charge in [0.2, 0.25) is 0 Å². The van der Waals surface area contributed by atoms with E-state index in [1.807, 2.05) is 0 Å². The molecular weight excluding hydrogens is 348 g/mol. The molecular formula is C29H59. The Morgan fingerprint density at radius 1 is 0.345 bits per heavy atom. The van der Waals surface area contributed by atoms with Gasteiger partial charge < -0.3 is 0 Å². The van der Waals surface area contributed by atoms with Crippen LogP contribution in [0.2, 0.25) is 0 Å². The van der Waals surface area contributed by atoms with Crippen LogP contribution in [0.15, 0.2) is 0 Å². The van der Waals surface area contributed by atoms with Gasteiger partial charge in [-0.05, 0) is 18.3 Å². The molecule has 0 rings (SSSR count). The molecule has 0 spiro atoms. The van der Waals surface area contributed by atoms with Crippen LogP contribution in [-0.2, 0) is 0 Å². The second-order valence-corrected chi connectivity index (χ2v) is 9.82. The second kappa shape index (κ2) is 24.3. The normalized spacial score (nSPS) is 13.7. The van der Waals surface area contributed by atoms with Gasteiger partial charge in [0.05, 0.1) is 0 Å². The fraction of sp³-hybridized carbons (Fsp3) is 0.966. The van der Waals surface area contributed by atoms with E-state index in [1.165, 1.54) is 141 Å². The highest BCUT2D eigenvalue weighted by molar-refractivity contribution is 4.84. The molecule has 0 saturated carbocycles. The molecule has 0 saturated heterocycles. The molecule has 0 aromatic heterocycles. The molecule has 0 N–H and O–H groups in total. The van der Waals surface area contributed by atoms with Gasteiger partial charge in [-0.2, -0.15) is 0 Å². The number of hydrogen-bond acceptors (Lipinski definition) is 0. The summed E-state index contributed by atoms with van der Waals surface area (Å²) in [5.41, 5.74) is 0. The highest BCUT2D eigenvalue weighted by Crippen LogP contribution is 2.30. The van der Waals surface area contributed by atoms with Crippen LogP contribution in [0.4, 0.5) is 0 Å². The summed E-state index contributed by atoms with van der Waals surface area (Å²) < 4.78 is 0. The van der Waals surface area contributed by atoms with E-state index in [0.717, 1.165) is 11.8 Å². The number of unbranched alkanes of at least 4 members (excludes halogenated alkanes) is 14. The summed E-state index contributed by atoms with van der Waals surface area (Å²) in [5, 5.41) is 0. The van der Waals surface area contributed by atoms with Crippen molar-refractivity contribution < 1.29 is 0 Å². The lowest BCUT2D eigenvalue weighted by Gasteiger charge is -2.24. The molecule has 0 bridgehead atoms. The zero-order chi connectivity index (χ0) is 21.4. The minimum atomic E-state index is 0.900. The van der Waals surface area contributed by atoms with Gasteiger partial charge in [-0.25, -0.2) is 0 Å². The quantitative estimate of drug-likeness (QED) is 0.139. The molecule has 0 heteroatoms. The van der Waals surface area contributed by atoms with E-state index in [9.17, 15) is 0 Å². The van der Waals surface area contributed by atoms with Crippen molar-refractivity contribution >= 4 is 0 Å². The van der Waals surface area contributed by atoms with Crippen LogP contribution in [0, 0.1) is 18.3 Å². The first-order valence-corrected chi connectivity index (χ1v) is 14.1. The molecule has 0 nitrogen and oxygen atoms in total. The highest BCUT2D eigenvalue weighted by Gasteiger charge is 2.16. The van der Waals surface area contributed by atoms with E-state index in [2.05, 4.69) is 34.1 Å². The lowest BCUT2D eigenvalue weighted by Crippen LogP contribution is -2.11. The van der Waals surface area contributed by atoms with Gasteiger partial charge in [0.15, 0.2) is 0 Å². The molecule has 0 amide bonds. The molecule has 0 aliphatic heterocycles. The van der Waals surface area contributed by atoms with Crippen molar-refractivity contribution in [3.05, 3.63) is 6.42 Å². The maximum absolute atomic E-state index is 2.86. The molecule has 0 aliphatic rings. The fourth-order valence-electron chi connectivity index (χ4n) is 4.73. The monoisotopic (exact) mass is 407 g/mol. The molecule has 0 fully saturated rings. The largest absolute Gasteiger partial charge is 0.0654 e. The van der Waals surface area contributed by atoms with Gasteiger partial charge in [-0.1, -0.05) is 169 Å². The van der Waals surface area contributed by atoms with Gasteiger partial charge in [-0.3, -0.25) is 0 Å². The van der Waals surface area contributed by atoms with Crippen LogP contribution >= 0.6 is 0 Å². The molecule has 0 aliphatic carbocycles. The van der Waals surface area contributed by atoms with Crippen molar-refractivity contribution in [2.45, 2.75) is 169 Å². The highest BCUT2D eigenvalue weighted by atomic mass is 14.2. The Hall–Kier alpha value is 0. The Bertz CT molecular complexity index is 282. The molecule has 175 valence electrons. The summed E-state index contributed by atoms with van der Waals surface area (Å²) in [7, 11) is 0. The Kier molecular flexibility index (Phi) is 24.3. The lowest BCUT2D eigenvalue weighted by atomic mass is 9.82. The first kappa shape index (κ1) is 29.0. The molecule has 0 heterocycles. The molecule has 2 atom stereocenters. The zero-order valence-corrected chi connectivity index (χ0v) is 21.3.